The lowest BCUT2D eigenvalue weighted by atomic mass is 10.1. The monoisotopic (exact) mass is 312 g/mol. The first kappa shape index (κ1) is 15.6. The van der Waals surface area contributed by atoms with E-state index in [1.165, 1.54) is 19.3 Å². The van der Waals surface area contributed by atoms with Crippen molar-refractivity contribution in [3.8, 4) is 5.75 Å². The van der Waals surface area contributed by atoms with E-state index in [1.54, 1.807) is 0 Å². The molecule has 1 aromatic heterocycles. The second kappa shape index (κ2) is 7.31. The summed E-state index contributed by atoms with van der Waals surface area (Å²) in [5.74, 6) is 3.53. The van der Waals surface area contributed by atoms with Crippen molar-refractivity contribution >= 4 is 17.3 Å². The molecule has 1 fully saturated rings. The molecular formula is C18H24N4O. The van der Waals surface area contributed by atoms with E-state index in [2.05, 4.69) is 20.2 Å². The van der Waals surface area contributed by atoms with E-state index in [0.717, 1.165) is 42.0 Å². The number of rotatable bonds is 5. The summed E-state index contributed by atoms with van der Waals surface area (Å²) in [6.45, 7) is 6.77. The minimum Gasteiger partial charge on any atom is -0.494 e. The van der Waals surface area contributed by atoms with Gasteiger partial charge in [-0.15, -0.1) is 0 Å². The molecule has 2 aromatic rings. The van der Waals surface area contributed by atoms with Crippen molar-refractivity contribution in [3.05, 3.63) is 36.2 Å². The summed E-state index contributed by atoms with van der Waals surface area (Å²) in [6, 6.07) is 9.97. The number of anilines is 3. The van der Waals surface area contributed by atoms with Crippen molar-refractivity contribution in [2.45, 2.75) is 33.1 Å². The topological polar surface area (TPSA) is 50.3 Å². The standard InChI is InChI=1S/C18H24N4O/c1-3-23-16-9-7-15(8-10-16)21-17-13-18(20-14(2)19-17)22-11-5-4-6-12-22/h7-10,13H,3-6,11-12H2,1-2H3,(H,19,20,21). The Labute approximate surface area is 137 Å². The van der Waals surface area contributed by atoms with Gasteiger partial charge in [-0.2, -0.15) is 0 Å². The third-order valence-electron chi connectivity index (χ3n) is 3.94. The largest absolute Gasteiger partial charge is 0.494 e. The van der Waals surface area contributed by atoms with E-state index in [4.69, 9.17) is 4.74 Å². The minimum atomic E-state index is 0.678. The van der Waals surface area contributed by atoms with E-state index in [0.29, 0.717) is 6.61 Å². The number of ether oxygens (including phenoxy) is 1. The molecule has 5 heteroatoms. The minimum absolute atomic E-state index is 0.678. The Kier molecular flexibility index (Phi) is 4.95. The molecule has 2 heterocycles. The van der Waals surface area contributed by atoms with Crippen LogP contribution in [0.2, 0.25) is 0 Å². The van der Waals surface area contributed by atoms with Crippen molar-refractivity contribution in [2.75, 3.05) is 29.9 Å². The molecule has 5 nitrogen and oxygen atoms in total. The summed E-state index contributed by atoms with van der Waals surface area (Å²) >= 11 is 0. The van der Waals surface area contributed by atoms with Crippen LogP contribution in [0.1, 0.15) is 32.0 Å². The number of hydrogen-bond donors (Lipinski definition) is 1. The maximum absolute atomic E-state index is 5.47. The summed E-state index contributed by atoms with van der Waals surface area (Å²) in [6.07, 6.45) is 3.80. The number of aryl methyl sites for hydroxylation is 1. The molecule has 1 aliphatic heterocycles. The molecule has 0 aliphatic carbocycles. The molecule has 1 saturated heterocycles. The quantitative estimate of drug-likeness (QED) is 0.907. The van der Waals surface area contributed by atoms with Gasteiger partial charge in [0.1, 0.15) is 23.2 Å². The molecule has 0 radical (unpaired) electrons. The molecule has 1 aliphatic rings. The van der Waals surface area contributed by atoms with Crippen molar-refractivity contribution in [1.29, 1.82) is 0 Å². The van der Waals surface area contributed by atoms with Crippen LogP contribution in [-0.4, -0.2) is 29.7 Å². The summed E-state index contributed by atoms with van der Waals surface area (Å²) in [4.78, 5) is 11.4. The van der Waals surface area contributed by atoms with E-state index in [-0.39, 0.29) is 0 Å². The SMILES string of the molecule is CCOc1ccc(Nc2cc(N3CCCCC3)nc(C)n2)cc1. The van der Waals surface area contributed by atoms with Gasteiger partial charge < -0.3 is 15.0 Å². The molecule has 3 rings (SSSR count). The van der Waals surface area contributed by atoms with Crippen LogP contribution in [0, 0.1) is 6.92 Å². The summed E-state index contributed by atoms with van der Waals surface area (Å²) in [5.41, 5.74) is 0.996. The number of nitrogens with one attached hydrogen (secondary N) is 1. The van der Waals surface area contributed by atoms with Gasteiger partial charge in [-0.05, 0) is 57.4 Å². The zero-order chi connectivity index (χ0) is 16.1. The Morgan fingerprint density at radius 3 is 2.52 bits per heavy atom. The zero-order valence-corrected chi connectivity index (χ0v) is 13.9. The van der Waals surface area contributed by atoms with E-state index in [1.807, 2.05) is 44.2 Å². The van der Waals surface area contributed by atoms with Crippen LogP contribution >= 0.6 is 0 Å². The second-order valence-electron chi connectivity index (χ2n) is 5.79. The van der Waals surface area contributed by atoms with Crippen LogP contribution in [0.4, 0.5) is 17.3 Å². The third-order valence-corrected chi connectivity index (χ3v) is 3.94. The van der Waals surface area contributed by atoms with E-state index in [9.17, 15) is 0 Å². The average molecular weight is 312 g/mol. The Bertz CT molecular complexity index is 636. The predicted molar refractivity (Wildman–Crippen MR) is 93.7 cm³/mol. The highest BCUT2D eigenvalue weighted by atomic mass is 16.5. The maximum Gasteiger partial charge on any atom is 0.136 e. The van der Waals surface area contributed by atoms with Gasteiger partial charge in [0.15, 0.2) is 0 Å². The molecule has 1 aromatic carbocycles. The lowest BCUT2D eigenvalue weighted by Crippen LogP contribution is -2.30. The number of benzene rings is 1. The summed E-state index contributed by atoms with van der Waals surface area (Å²) in [7, 11) is 0. The summed E-state index contributed by atoms with van der Waals surface area (Å²) < 4.78 is 5.47. The lowest BCUT2D eigenvalue weighted by Gasteiger charge is -2.28. The van der Waals surface area contributed by atoms with Crippen molar-refractivity contribution in [3.63, 3.8) is 0 Å². The fraction of sp³-hybridized carbons (Fsp3) is 0.444. The highest BCUT2D eigenvalue weighted by Gasteiger charge is 2.13. The summed E-state index contributed by atoms with van der Waals surface area (Å²) in [5, 5.41) is 3.36. The molecule has 1 N–H and O–H groups in total. The number of nitrogens with zero attached hydrogens (tertiary/aromatic N) is 3. The van der Waals surface area contributed by atoms with Gasteiger partial charge in [0.2, 0.25) is 0 Å². The van der Waals surface area contributed by atoms with E-state index >= 15 is 0 Å². The van der Waals surface area contributed by atoms with E-state index < -0.39 is 0 Å². The maximum atomic E-state index is 5.47. The normalized spacial score (nSPS) is 14.6. The first-order valence-electron chi connectivity index (χ1n) is 8.35. The molecule has 0 saturated carbocycles. The van der Waals surface area contributed by atoms with Crippen LogP contribution < -0.4 is 15.0 Å². The molecular weight excluding hydrogens is 288 g/mol. The molecule has 0 amide bonds. The molecule has 0 bridgehead atoms. The fourth-order valence-corrected chi connectivity index (χ4v) is 2.85. The highest BCUT2D eigenvalue weighted by Crippen LogP contribution is 2.23. The fourth-order valence-electron chi connectivity index (χ4n) is 2.85. The number of hydrogen-bond acceptors (Lipinski definition) is 5. The third kappa shape index (κ3) is 4.12. The predicted octanol–water partition coefficient (Wildman–Crippen LogP) is 3.92. The van der Waals surface area contributed by atoms with Crippen LogP contribution in [-0.2, 0) is 0 Å². The molecule has 0 atom stereocenters. The Morgan fingerprint density at radius 2 is 1.83 bits per heavy atom. The van der Waals surface area contributed by atoms with Gasteiger partial charge in [-0.25, -0.2) is 9.97 Å². The van der Waals surface area contributed by atoms with Gasteiger partial charge >= 0.3 is 0 Å². The number of piperidine rings is 1. The molecule has 122 valence electrons. The average Bonchev–Trinajstić information content (AvgIpc) is 2.57. The van der Waals surface area contributed by atoms with Gasteiger partial charge in [0.05, 0.1) is 6.61 Å². The van der Waals surface area contributed by atoms with Gasteiger partial charge in [0.25, 0.3) is 0 Å². The lowest BCUT2D eigenvalue weighted by molar-refractivity contribution is 0.340. The van der Waals surface area contributed by atoms with Crippen LogP contribution in [0.3, 0.4) is 0 Å². The van der Waals surface area contributed by atoms with Gasteiger partial charge in [-0.3, -0.25) is 0 Å². The van der Waals surface area contributed by atoms with Crippen molar-refractivity contribution < 1.29 is 4.74 Å². The Morgan fingerprint density at radius 1 is 1.09 bits per heavy atom. The second-order valence-corrected chi connectivity index (χ2v) is 5.79. The number of aromatic nitrogens is 2. The first-order valence-corrected chi connectivity index (χ1v) is 8.35. The Balaban J connectivity index is 1.75. The molecule has 23 heavy (non-hydrogen) atoms. The van der Waals surface area contributed by atoms with Crippen LogP contribution in [0.25, 0.3) is 0 Å². The van der Waals surface area contributed by atoms with Crippen LogP contribution in [0.15, 0.2) is 30.3 Å². The smallest absolute Gasteiger partial charge is 0.136 e. The van der Waals surface area contributed by atoms with Gasteiger partial charge in [-0.1, -0.05) is 0 Å². The van der Waals surface area contributed by atoms with Crippen molar-refractivity contribution in [2.24, 2.45) is 0 Å². The van der Waals surface area contributed by atoms with Crippen LogP contribution in [0.5, 0.6) is 5.75 Å². The highest BCUT2D eigenvalue weighted by molar-refractivity contribution is 5.60. The first-order chi connectivity index (χ1) is 11.2. The van der Waals surface area contributed by atoms with Crippen molar-refractivity contribution in [1.82, 2.24) is 9.97 Å². The molecule has 0 unspecified atom stereocenters. The molecule has 0 spiro atoms. The Hall–Kier alpha value is -2.30. The van der Waals surface area contributed by atoms with Gasteiger partial charge in [0, 0.05) is 24.8 Å². The zero-order valence-electron chi connectivity index (χ0n) is 13.9.